The van der Waals surface area contributed by atoms with Crippen LogP contribution in [0.25, 0.3) is 0 Å². The van der Waals surface area contributed by atoms with Crippen LogP contribution in [0.1, 0.15) is 5.69 Å². The maximum absolute atomic E-state index is 12.4. The first kappa shape index (κ1) is 12.1. The number of aromatic nitrogens is 2. The fourth-order valence-electron chi connectivity index (χ4n) is 0.958. The number of hydrogen-bond acceptors (Lipinski definition) is 3. The molecule has 0 fully saturated rings. The van der Waals surface area contributed by atoms with Gasteiger partial charge >= 0.3 is 6.18 Å². The molecular formula is C7H9ClF3N3O. The van der Waals surface area contributed by atoms with Crippen LogP contribution in [0.4, 0.5) is 13.2 Å². The molecule has 0 aliphatic heterocycles. The first-order chi connectivity index (χ1) is 6.88. The lowest BCUT2D eigenvalue weighted by atomic mass is 10.4. The molecule has 0 aliphatic carbocycles. The van der Waals surface area contributed by atoms with E-state index >= 15 is 0 Å². The monoisotopic (exact) mass is 243 g/mol. The van der Waals surface area contributed by atoms with Gasteiger partial charge in [-0.25, -0.2) is 0 Å². The van der Waals surface area contributed by atoms with Crippen molar-refractivity contribution in [3.05, 3.63) is 10.8 Å². The van der Waals surface area contributed by atoms with Crippen molar-refractivity contribution in [3.63, 3.8) is 0 Å². The standard InChI is InChI=1S/C7H9ClF3N3O/c1-14-6(8)4(15-3-2-12)5(13-14)7(9,10)11/h2-3,12H2,1H3. The van der Waals surface area contributed by atoms with Gasteiger partial charge in [-0.3, -0.25) is 4.68 Å². The van der Waals surface area contributed by atoms with E-state index in [1.807, 2.05) is 0 Å². The molecule has 0 bridgehead atoms. The van der Waals surface area contributed by atoms with E-state index in [-0.39, 0.29) is 18.3 Å². The van der Waals surface area contributed by atoms with Crippen LogP contribution < -0.4 is 10.5 Å². The highest BCUT2D eigenvalue weighted by molar-refractivity contribution is 6.31. The van der Waals surface area contributed by atoms with Crippen LogP contribution in [0, 0.1) is 0 Å². The maximum atomic E-state index is 12.4. The summed E-state index contributed by atoms with van der Waals surface area (Å²) in [7, 11) is 1.30. The number of hydrogen-bond donors (Lipinski definition) is 1. The molecule has 8 heteroatoms. The summed E-state index contributed by atoms with van der Waals surface area (Å²) in [5, 5.41) is 3.03. The molecule has 0 aliphatic rings. The molecule has 1 heterocycles. The molecule has 86 valence electrons. The van der Waals surface area contributed by atoms with Crippen LogP contribution in [0.3, 0.4) is 0 Å². The number of rotatable bonds is 3. The van der Waals surface area contributed by atoms with Gasteiger partial charge in [0.2, 0.25) is 5.69 Å². The minimum Gasteiger partial charge on any atom is -0.487 e. The van der Waals surface area contributed by atoms with Gasteiger partial charge in [-0.15, -0.1) is 0 Å². The third kappa shape index (κ3) is 2.54. The summed E-state index contributed by atoms with van der Waals surface area (Å²) in [6.45, 7) is 0.0526. The zero-order chi connectivity index (χ0) is 11.6. The Kier molecular flexibility index (Phi) is 3.46. The van der Waals surface area contributed by atoms with E-state index in [1.165, 1.54) is 7.05 Å². The molecule has 0 saturated heterocycles. The fourth-order valence-corrected chi connectivity index (χ4v) is 1.14. The molecule has 0 saturated carbocycles. The summed E-state index contributed by atoms with van der Waals surface area (Å²) >= 11 is 5.59. The Balaban J connectivity index is 3.10. The van der Waals surface area contributed by atoms with E-state index in [2.05, 4.69) is 5.10 Å². The second-order valence-corrected chi connectivity index (χ2v) is 3.09. The zero-order valence-corrected chi connectivity index (χ0v) is 8.56. The van der Waals surface area contributed by atoms with Crippen LogP contribution in [-0.4, -0.2) is 22.9 Å². The highest BCUT2D eigenvalue weighted by Crippen LogP contribution is 2.39. The Morgan fingerprint density at radius 1 is 1.53 bits per heavy atom. The van der Waals surface area contributed by atoms with Crippen molar-refractivity contribution in [2.45, 2.75) is 6.18 Å². The van der Waals surface area contributed by atoms with Crippen LogP contribution in [0.15, 0.2) is 0 Å². The SMILES string of the molecule is Cn1nc(C(F)(F)F)c(OCCN)c1Cl. The van der Waals surface area contributed by atoms with E-state index in [0.717, 1.165) is 4.68 Å². The summed E-state index contributed by atoms with van der Waals surface area (Å²) in [6, 6.07) is 0. The molecule has 0 radical (unpaired) electrons. The van der Waals surface area contributed by atoms with E-state index < -0.39 is 17.6 Å². The molecule has 4 nitrogen and oxygen atoms in total. The molecule has 0 aromatic carbocycles. The van der Waals surface area contributed by atoms with E-state index in [4.69, 9.17) is 22.1 Å². The highest BCUT2D eigenvalue weighted by atomic mass is 35.5. The first-order valence-electron chi connectivity index (χ1n) is 4.00. The molecule has 15 heavy (non-hydrogen) atoms. The van der Waals surface area contributed by atoms with Gasteiger partial charge < -0.3 is 10.5 Å². The smallest absolute Gasteiger partial charge is 0.438 e. The Labute approximate surface area is 88.8 Å². The minimum atomic E-state index is -4.59. The number of ether oxygens (including phenoxy) is 1. The van der Waals surface area contributed by atoms with Crippen molar-refractivity contribution in [2.24, 2.45) is 12.8 Å². The van der Waals surface area contributed by atoms with E-state index in [9.17, 15) is 13.2 Å². The van der Waals surface area contributed by atoms with Crippen molar-refractivity contribution in [3.8, 4) is 5.75 Å². The normalized spacial score (nSPS) is 11.9. The van der Waals surface area contributed by atoms with Crippen LogP contribution in [0.5, 0.6) is 5.75 Å². The van der Waals surface area contributed by atoms with Gasteiger partial charge in [-0.05, 0) is 0 Å². The lowest BCUT2D eigenvalue weighted by Crippen LogP contribution is -2.14. The van der Waals surface area contributed by atoms with Gasteiger partial charge in [-0.1, -0.05) is 11.6 Å². The van der Waals surface area contributed by atoms with Crippen molar-refractivity contribution in [1.29, 1.82) is 0 Å². The van der Waals surface area contributed by atoms with Crippen LogP contribution in [0.2, 0.25) is 5.15 Å². The van der Waals surface area contributed by atoms with Gasteiger partial charge in [0.25, 0.3) is 0 Å². The van der Waals surface area contributed by atoms with Gasteiger partial charge in [0, 0.05) is 13.6 Å². The fraction of sp³-hybridized carbons (Fsp3) is 0.571. The maximum Gasteiger partial charge on any atom is 0.438 e. The van der Waals surface area contributed by atoms with Crippen LogP contribution >= 0.6 is 11.6 Å². The number of nitrogens with two attached hydrogens (primary N) is 1. The molecule has 0 atom stereocenters. The molecule has 0 spiro atoms. The van der Waals surface area contributed by atoms with Gasteiger partial charge in [0.05, 0.1) is 0 Å². The Hall–Kier alpha value is -0.950. The predicted molar refractivity (Wildman–Crippen MR) is 47.8 cm³/mol. The zero-order valence-electron chi connectivity index (χ0n) is 7.81. The highest BCUT2D eigenvalue weighted by Gasteiger charge is 2.39. The average Bonchev–Trinajstić information content (AvgIpc) is 2.40. The Morgan fingerprint density at radius 3 is 2.60 bits per heavy atom. The number of halogens is 4. The number of nitrogens with zero attached hydrogens (tertiary/aromatic N) is 2. The summed E-state index contributed by atoms with van der Waals surface area (Å²) in [5.74, 6) is -0.475. The van der Waals surface area contributed by atoms with Crippen molar-refractivity contribution < 1.29 is 17.9 Å². The largest absolute Gasteiger partial charge is 0.487 e. The third-order valence-electron chi connectivity index (χ3n) is 1.57. The lowest BCUT2D eigenvalue weighted by Gasteiger charge is -2.07. The van der Waals surface area contributed by atoms with E-state index in [1.54, 1.807) is 0 Å². The van der Waals surface area contributed by atoms with Crippen LogP contribution in [-0.2, 0) is 13.2 Å². The Morgan fingerprint density at radius 2 is 2.13 bits per heavy atom. The Bertz CT molecular complexity index is 350. The van der Waals surface area contributed by atoms with Crippen molar-refractivity contribution in [2.75, 3.05) is 13.2 Å². The lowest BCUT2D eigenvalue weighted by molar-refractivity contribution is -0.142. The van der Waals surface area contributed by atoms with Crippen molar-refractivity contribution in [1.82, 2.24) is 9.78 Å². The number of aryl methyl sites for hydroxylation is 1. The number of alkyl halides is 3. The molecular weight excluding hydrogens is 235 g/mol. The molecule has 2 N–H and O–H groups in total. The van der Waals surface area contributed by atoms with Gasteiger partial charge in [-0.2, -0.15) is 18.3 Å². The molecule has 0 unspecified atom stereocenters. The molecule has 1 aromatic heterocycles. The summed E-state index contributed by atoms with van der Waals surface area (Å²) < 4.78 is 43.0. The first-order valence-corrected chi connectivity index (χ1v) is 4.38. The molecule has 1 rings (SSSR count). The van der Waals surface area contributed by atoms with Gasteiger partial charge in [0.15, 0.2) is 10.9 Å². The molecule has 0 amide bonds. The quantitative estimate of drug-likeness (QED) is 0.874. The van der Waals surface area contributed by atoms with Crippen molar-refractivity contribution >= 4 is 11.6 Å². The second-order valence-electron chi connectivity index (χ2n) is 2.73. The third-order valence-corrected chi connectivity index (χ3v) is 1.99. The summed E-state index contributed by atoms with van der Waals surface area (Å²) in [5.41, 5.74) is 3.98. The topological polar surface area (TPSA) is 53.1 Å². The second kappa shape index (κ2) is 4.28. The summed E-state index contributed by atoms with van der Waals surface area (Å²) in [6.07, 6.45) is -4.59. The van der Waals surface area contributed by atoms with E-state index in [0.29, 0.717) is 0 Å². The molecule has 1 aromatic rings. The summed E-state index contributed by atoms with van der Waals surface area (Å²) in [4.78, 5) is 0. The average molecular weight is 244 g/mol. The van der Waals surface area contributed by atoms with Gasteiger partial charge in [0.1, 0.15) is 6.61 Å². The predicted octanol–water partition coefficient (Wildman–Crippen LogP) is 1.43. The minimum absolute atomic E-state index is 0.0471.